The number of ether oxygens (including phenoxy) is 1. The quantitative estimate of drug-likeness (QED) is 0.589. The Balaban J connectivity index is 2.06. The molecule has 1 N–H and O–H groups in total. The second-order valence-corrected chi connectivity index (χ2v) is 6.75. The van der Waals surface area contributed by atoms with Crippen molar-refractivity contribution >= 4 is 5.97 Å². The summed E-state index contributed by atoms with van der Waals surface area (Å²) in [5.74, 6) is -2.65. The average Bonchev–Trinajstić information content (AvgIpc) is 2.88. The van der Waals surface area contributed by atoms with Gasteiger partial charge in [-0.15, -0.1) is 0 Å². The third-order valence-electron chi connectivity index (χ3n) is 4.99. The fourth-order valence-corrected chi connectivity index (χ4v) is 4.06. The van der Waals surface area contributed by atoms with Gasteiger partial charge in [0, 0.05) is 23.5 Å². The van der Waals surface area contributed by atoms with E-state index in [0.29, 0.717) is 5.92 Å². The van der Waals surface area contributed by atoms with Crippen molar-refractivity contribution in [3.63, 3.8) is 0 Å². The molecule has 5 atom stereocenters. The molecule has 0 radical (unpaired) electrons. The summed E-state index contributed by atoms with van der Waals surface area (Å²) in [6, 6.07) is 0. The first-order valence-electron chi connectivity index (χ1n) is 7.32. The van der Waals surface area contributed by atoms with E-state index in [-0.39, 0.29) is 17.8 Å². The van der Waals surface area contributed by atoms with Gasteiger partial charge in [0.15, 0.2) is 5.79 Å². The number of esters is 1. The van der Waals surface area contributed by atoms with Crippen molar-refractivity contribution in [1.29, 1.82) is 0 Å². The molecule has 0 aromatic carbocycles. The number of carbonyl (C=O) groups excluding carboxylic acids is 1. The van der Waals surface area contributed by atoms with Crippen molar-refractivity contribution in [2.45, 2.75) is 52.1 Å². The summed E-state index contributed by atoms with van der Waals surface area (Å²) in [6.45, 7) is 7.73. The zero-order valence-corrected chi connectivity index (χ0v) is 12.4. The van der Waals surface area contributed by atoms with Crippen molar-refractivity contribution in [3.8, 4) is 0 Å². The van der Waals surface area contributed by atoms with Crippen molar-refractivity contribution in [3.05, 3.63) is 11.6 Å². The van der Waals surface area contributed by atoms with E-state index in [0.717, 1.165) is 18.4 Å². The molecule has 112 valence electrons. The molecule has 2 heterocycles. The third kappa shape index (κ3) is 1.76. The van der Waals surface area contributed by atoms with Crippen LogP contribution in [-0.4, -0.2) is 22.7 Å². The Labute approximate surface area is 118 Å². The number of carbonyl (C=O) groups is 1. The highest BCUT2D eigenvalue weighted by atomic mass is 17.3. The molecule has 0 aromatic rings. The van der Waals surface area contributed by atoms with E-state index in [1.165, 1.54) is 6.08 Å². The number of hydrogen-bond donors (Lipinski definition) is 1. The zero-order chi connectivity index (χ0) is 14.7. The van der Waals surface area contributed by atoms with Gasteiger partial charge < -0.3 is 9.84 Å². The van der Waals surface area contributed by atoms with E-state index < -0.39 is 17.5 Å². The standard InChI is InChI=1S/C15H22O5/c1-8(2)11-7-12(16)18-15(11)13-9(3)5-6-10(13)14(4,17)19-20-15/h7-10,13,17H,5-6H2,1-4H3/t9-,10+,13-,14+,15-/m1/s1. The van der Waals surface area contributed by atoms with E-state index in [2.05, 4.69) is 6.92 Å². The Morgan fingerprint density at radius 2 is 2.05 bits per heavy atom. The topological polar surface area (TPSA) is 65.0 Å². The fourth-order valence-electron chi connectivity index (χ4n) is 4.06. The van der Waals surface area contributed by atoms with Crippen molar-refractivity contribution in [2.75, 3.05) is 0 Å². The fraction of sp³-hybridized carbons (Fsp3) is 0.800. The van der Waals surface area contributed by atoms with Gasteiger partial charge in [0.05, 0.1) is 0 Å². The highest BCUT2D eigenvalue weighted by molar-refractivity contribution is 5.86. The molecule has 0 amide bonds. The Bertz CT molecular complexity index is 467. The van der Waals surface area contributed by atoms with Crippen LogP contribution < -0.4 is 0 Å². The molecule has 5 heteroatoms. The second kappa shape index (κ2) is 4.29. The van der Waals surface area contributed by atoms with Gasteiger partial charge in [-0.2, -0.15) is 9.78 Å². The predicted octanol–water partition coefficient (Wildman–Crippen LogP) is 2.15. The summed E-state index contributed by atoms with van der Waals surface area (Å²) in [5, 5.41) is 10.4. The minimum Gasteiger partial charge on any atom is -0.423 e. The minimum atomic E-state index is -1.34. The molecule has 0 unspecified atom stereocenters. The summed E-state index contributed by atoms with van der Waals surface area (Å²) in [7, 11) is 0. The van der Waals surface area contributed by atoms with E-state index in [9.17, 15) is 9.90 Å². The first-order chi connectivity index (χ1) is 9.28. The average molecular weight is 282 g/mol. The van der Waals surface area contributed by atoms with Crippen LogP contribution in [0.5, 0.6) is 0 Å². The largest absolute Gasteiger partial charge is 0.423 e. The summed E-state index contributed by atoms with van der Waals surface area (Å²) in [6.07, 6.45) is 3.31. The lowest BCUT2D eigenvalue weighted by Gasteiger charge is -2.49. The molecule has 2 fully saturated rings. The van der Waals surface area contributed by atoms with Crippen molar-refractivity contribution in [2.24, 2.45) is 23.7 Å². The van der Waals surface area contributed by atoms with Crippen LogP contribution in [-0.2, 0) is 19.3 Å². The van der Waals surface area contributed by atoms with Crippen LogP contribution in [0.3, 0.4) is 0 Å². The van der Waals surface area contributed by atoms with Gasteiger partial charge in [0.1, 0.15) is 0 Å². The molecule has 0 bridgehead atoms. The highest BCUT2D eigenvalue weighted by Crippen LogP contribution is 2.57. The monoisotopic (exact) mass is 282 g/mol. The minimum absolute atomic E-state index is 0.0775. The van der Waals surface area contributed by atoms with Gasteiger partial charge in [0.25, 0.3) is 5.79 Å². The molecular weight excluding hydrogens is 260 g/mol. The maximum atomic E-state index is 11.8. The molecule has 2 aliphatic heterocycles. The van der Waals surface area contributed by atoms with Crippen molar-refractivity contribution in [1.82, 2.24) is 0 Å². The Morgan fingerprint density at radius 1 is 1.35 bits per heavy atom. The zero-order valence-electron chi connectivity index (χ0n) is 12.4. The maximum absolute atomic E-state index is 11.8. The molecule has 3 aliphatic rings. The van der Waals surface area contributed by atoms with E-state index >= 15 is 0 Å². The molecule has 1 saturated heterocycles. The highest BCUT2D eigenvalue weighted by Gasteiger charge is 2.66. The first-order valence-corrected chi connectivity index (χ1v) is 7.32. The van der Waals surface area contributed by atoms with Crippen LogP contribution in [0.25, 0.3) is 0 Å². The second-order valence-electron chi connectivity index (χ2n) is 6.75. The number of hydrogen-bond acceptors (Lipinski definition) is 5. The first kappa shape index (κ1) is 14.0. The van der Waals surface area contributed by atoms with Gasteiger partial charge in [-0.1, -0.05) is 20.8 Å². The van der Waals surface area contributed by atoms with Gasteiger partial charge in [-0.3, -0.25) is 0 Å². The molecule has 1 saturated carbocycles. The predicted molar refractivity (Wildman–Crippen MR) is 69.9 cm³/mol. The smallest absolute Gasteiger partial charge is 0.333 e. The molecule has 3 rings (SSSR count). The van der Waals surface area contributed by atoms with Crippen LogP contribution in [0.4, 0.5) is 0 Å². The summed E-state index contributed by atoms with van der Waals surface area (Å²) >= 11 is 0. The SMILES string of the molecule is CC(C)C1=CC(=O)O[C@@]12OO[C@](C)(O)[C@H]1CC[C@@H](C)[C@H]12. The Hall–Kier alpha value is -0.910. The molecule has 1 spiro atoms. The molecule has 0 aromatic heterocycles. The van der Waals surface area contributed by atoms with Crippen LogP contribution in [0.15, 0.2) is 11.6 Å². The summed E-state index contributed by atoms with van der Waals surface area (Å²) in [5.41, 5.74) is 0.807. The van der Waals surface area contributed by atoms with Crippen LogP contribution >= 0.6 is 0 Å². The van der Waals surface area contributed by atoms with E-state index in [1.54, 1.807) is 6.92 Å². The number of aliphatic hydroxyl groups is 1. The number of rotatable bonds is 1. The van der Waals surface area contributed by atoms with Gasteiger partial charge in [-0.25, -0.2) is 4.79 Å². The molecule has 20 heavy (non-hydrogen) atoms. The van der Waals surface area contributed by atoms with Gasteiger partial charge in [-0.05, 0) is 31.6 Å². The summed E-state index contributed by atoms with van der Waals surface area (Å²) in [4.78, 5) is 22.5. The van der Waals surface area contributed by atoms with Crippen LogP contribution in [0.2, 0.25) is 0 Å². The van der Waals surface area contributed by atoms with Crippen LogP contribution in [0.1, 0.15) is 40.5 Å². The number of fused-ring (bicyclic) bond motifs is 2. The van der Waals surface area contributed by atoms with E-state index in [1.807, 2.05) is 13.8 Å². The van der Waals surface area contributed by atoms with Crippen molar-refractivity contribution < 1.29 is 24.4 Å². The lowest BCUT2D eigenvalue weighted by molar-refractivity contribution is -0.533. The molecular formula is C15H22O5. The third-order valence-corrected chi connectivity index (χ3v) is 4.99. The lowest BCUT2D eigenvalue weighted by Crippen LogP contribution is -2.59. The van der Waals surface area contributed by atoms with E-state index in [4.69, 9.17) is 14.5 Å². The summed E-state index contributed by atoms with van der Waals surface area (Å²) < 4.78 is 5.55. The van der Waals surface area contributed by atoms with Gasteiger partial charge >= 0.3 is 5.97 Å². The lowest BCUT2D eigenvalue weighted by atomic mass is 9.74. The normalized spacial score (nSPS) is 47.6. The Kier molecular flexibility index (Phi) is 3.01. The maximum Gasteiger partial charge on any atom is 0.333 e. The van der Waals surface area contributed by atoms with Gasteiger partial charge in [0.2, 0.25) is 0 Å². The Morgan fingerprint density at radius 3 is 2.70 bits per heavy atom. The molecule has 5 nitrogen and oxygen atoms in total. The molecule has 1 aliphatic carbocycles. The van der Waals surface area contributed by atoms with Crippen LogP contribution in [0, 0.1) is 23.7 Å².